The molecule has 0 bridgehead atoms. The van der Waals surface area contributed by atoms with Gasteiger partial charge >= 0.3 is 6.18 Å². The second-order valence-electron chi connectivity index (χ2n) is 7.80. The third-order valence-corrected chi connectivity index (χ3v) is 6.99. The Kier molecular flexibility index (Phi) is 6.55. The van der Waals surface area contributed by atoms with Crippen molar-refractivity contribution in [3.8, 4) is 5.69 Å². The first-order valence-electron chi connectivity index (χ1n) is 10.5. The predicted molar refractivity (Wildman–Crippen MR) is 123 cm³/mol. The quantitative estimate of drug-likeness (QED) is 0.406. The smallest absolute Gasteiger partial charge is 0.348 e. The Balaban J connectivity index is 1.54. The lowest BCUT2D eigenvalue weighted by molar-refractivity contribution is -0.137. The van der Waals surface area contributed by atoms with E-state index in [1.54, 1.807) is 6.92 Å². The van der Waals surface area contributed by atoms with Crippen molar-refractivity contribution in [1.29, 1.82) is 0 Å². The first-order chi connectivity index (χ1) is 17.0. The van der Waals surface area contributed by atoms with Crippen LogP contribution in [0.5, 0.6) is 0 Å². The number of aromatic amines is 1. The van der Waals surface area contributed by atoms with Crippen molar-refractivity contribution in [3.63, 3.8) is 0 Å². The van der Waals surface area contributed by atoms with Crippen LogP contribution >= 0.6 is 0 Å². The Bertz CT molecular complexity index is 1580. The number of aryl methyl sites for hydroxylation is 1. The zero-order valence-electron chi connectivity index (χ0n) is 18.7. The molecular formula is C24H19F3N4O4S. The lowest BCUT2D eigenvalue weighted by Crippen LogP contribution is -2.33. The van der Waals surface area contributed by atoms with Gasteiger partial charge in [-0.25, -0.2) is 13.4 Å². The highest BCUT2D eigenvalue weighted by Gasteiger charge is 2.30. The molecule has 4 aromatic rings. The summed E-state index contributed by atoms with van der Waals surface area (Å²) in [6.45, 7) is 1.53. The molecular weight excluding hydrogens is 497 g/mol. The van der Waals surface area contributed by atoms with Gasteiger partial charge in [-0.2, -0.15) is 13.2 Å². The molecule has 0 aliphatic rings. The molecule has 0 spiro atoms. The van der Waals surface area contributed by atoms with E-state index in [2.05, 4.69) is 15.3 Å². The van der Waals surface area contributed by atoms with E-state index < -0.39 is 33.0 Å². The summed E-state index contributed by atoms with van der Waals surface area (Å²) in [5.41, 5.74) is -1.05. The maximum absolute atomic E-state index is 13.1. The molecule has 8 nitrogen and oxygen atoms in total. The summed E-state index contributed by atoms with van der Waals surface area (Å²) in [7, 11) is -3.81. The highest BCUT2D eigenvalue weighted by molar-refractivity contribution is 7.91. The summed E-state index contributed by atoms with van der Waals surface area (Å²) in [4.78, 5) is 32.0. The number of nitrogens with one attached hydrogen (secondary N) is 2. The molecule has 12 heteroatoms. The lowest BCUT2D eigenvalue weighted by Gasteiger charge is -2.14. The maximum Gasteiger partial charge on any atom is 0.416 e. The first-order valence-corrected chi connectivity index (χ1v) is 12.0. The van der Waals surface area contributed by atoms with Crippen molar-refractivity contribution in [3.05, 3.63) is 106 Å². The van der Waals surface area contributed by atoms with Gasteiger partial charge in [-0.1, -0.05) is 18.2 Å². The van der Waals surface area contributed by atoms with E-state index >= 15 is 0 Å². The Morgan fingerprint density at radius 1 is 1.08 bits per heavy atom. The number of H-pyrrole nitrogens is 1. The fraction of sp³-hybridized carbons (Fsp3) is 0.125. The summed E-state index contributed by atoms with van der Waals surface area (Å²) >= 11 is 0. The SMILES string of the molecule is Cc1ccc(C(=O)NCc2ccc(S(=O)(=O)c3ncc[nH]3)cc2)c(=O)n1-c1cccc(C(F)(F)F)c1. The Hall–Kier alpha value is -4.19. The minimum Gasteiger partial charge on any atom is -0.348 e. The molecule has 0 saturated heterocycles. The van der Waals surface area contributed by atoms with Gasteiger partial charge in [-0.05, 0) is 55.0 Å². The van der Waals surface area contributed by atoms with Gasteiger partial charge in [0.1, 0.15) is 5.56 Å². The number of aromatic nitrogens is 3. The van der Waals surface area contributed by atoms with E-state index in [1.807, 2.05) is 0 Å². The number of pyridine rings is 1. The van der Waals surface area contributed by atoms with E-state index in [-0.39, 0.29) is 27.8 Å². The van der Waals surface area contributed by atoms with Gasteiger partial charge in [-0.15, -0.1) is 0 Å². The summed E-state index contributed by atoms with van der Waals surface area (Å²) in [5.74, 6) is -0.729. The molecule has 1 amide bonds. The lowest BCUT2D eigenvalue weighted by atomic mass is 10.1. The number of halogens is 3. The van der Waals surface area contributed by atoms with Crippen LogP contribution in [0.1, 0.15) is 27.2 Å². The van der Waals surface area contributed by atoms with Crippen LogP contribution in [0.25, 0.3) is 5.69 Å². The van der Waals surface area contributed by atoms with Crippen LogP contribution in [-0.4, -0.2) is 28.9 Å². The minimum atomic E-state index is -4.59. The Morgan fingerprint density at radius 2 is 1.81 bits per heavy atom. The van der Waals surface area contributed by atoms with Crippen LogP contribution in [0.4, 0.5) is 13.2 Å². The molecule has 2 aromatic heterocycles. The topological polar surface area (TPSA) is 114 Å². The molecule has 0 unspecified atom stereocenters. The highest BCUT2D eigenvalue weighted by atomic mass is 32.2. The second-order valence-corrected chi connectivity index (χ2v) is 9.67. The molecule has 0 radical (unpaired) electrons. The van der Waals surface area contributed by atoms with E-state index in [4.69, 9.17) is 0 Å². The van der Waals surface area contributed by atoms with Crippen LogP contribution in [-0.2, 0) is 22.6 Å². The number of alkyl halides is 3. The van der Waals surface area contributed by atoms with Crippen LogP contribution in [0.3, 0.4) is 0 Å². The summed E-state index contributed by atoms with van der Waals surface area (Å²) in [6, 6.07) is 12.8. The third kappa shape index (κ3) is 4.93. The number of hydrogen-bond acceptors (Lipinski definition) is 5. The van der Waals surface area contributed by atoms with Crippen molar-refractivity contribution in [2.24, 2.45) is 0 Å². The molecule has 0 fully saturated rings. The van der Waals surface area contributed by atoms with Gasteiger partial charge in [0.15, 0.2) is 0 Å². The van der Waals surface area contributed by atoms with Crippen molar-refractivity contribution in [2.75, 3.05) is 0 Å². The van der Waals surface area contributed by atoms with E-state index in [1.165, 1.54) is 60.9 Å². The zero-order chi connectivity index (χ0) is 26.1. The predicted octanol–water partition coefficient (Wildman–Crippen LogP) is 3.65. The maximum atomic E-state index is 13.1. The monoisotopic (exact) mass is 516 g/mol. The number of rotatable bonds is 6. The van der Waals surface area contributed by atoms with Crippen molar-refractivity contribution in [1.82, 2.24) is 19.9 Å². The molecule has 2 N–H and O–H groups in total. The number of carbonyl (C=O) groups is 1. The fourth-order valence-corrected chi connectivity index (χ4v) is 4.66. The van der Waals surface area contributed by atoms with E-state index in [9.17, 15) is 31.2 Å². The molecule has 0 atom stereocenters. The highest BCUT2D eigenvalue weighted by Crippen LogP contribution is 2.30. The normalized spacial score (nSPS) is 11.9. The average Bonchev–Trinajstić information content (AvgIpc) is 3.39. The Labute approximate surface area is 203 Å². The molecule has 0 aliphatic heterocycles. The number of nitrogens with zero attached hydrogens (tertiary/aromatic N) is 2. The van der Waals surface area contributed by atoms with Gasteiger partial charge in [-0.3, -0.25) is 14.2 Å². The molecule has 4 rings (SSSR count). The average molecular weight is 517 g/mol. The molecule has 2 aromatic carbocycles. The molecule has 0 saturated carbocycles. The fourth-order valence-electron chi connectivity index (χ4n) is 3.52. The van der Waals surface area contributed by atoms with Crippen LogP contribution in [0, 0.1) is 6.92 Å². The van der Waals surface area contributed by atoms with Crippen LogP contribution in [0.2, 0.25) is 0 Å². The first kappa shape index (κ1) is 24.9. The number of sulfone groups is 1. The number of imidazole rings is 1. The van der Waals surface area contributed by atoms with Crippen molar-refractivity contribution in [2.45, 2.75) is 29.7 Å². The van der Waals surface area contributed by atoms with Gasteiger partial charge in [0.05, 0.1) is 10.5 Å². The number of hydrogen-bond donors (Lipinski definition) is 2. The molecule has 0 aliphatic carbocycles. The summed E-state index contributed by atoms with van der Waals surface area (Å²) in [5, 5.41) is 2.38. The molecule has 2 heterocycles. The van der Waals surface area contributed by atoms with Crippen molar-refractivity contribution >= 4 is 15.7 Å². The van der Waals surface area contributed by atoms with Gasteiger partial charge in [0.2, 0.25) is 15.0 Å². The standard InChI is InChI=1S/C24H19F3N4O4S/c1-15-5-10-20(22(33)31(15)18-4-2-3-17(13-18)24(25,26)27)21(32)30-14-16-6-8-19(9-7-16)36(34,35)23-28-11-12-29-23/h2-13H,14H2,1H3,(H,28,29)(H,30,32). The second kappa shape index (κ2) is 9.46. The van der Waals surface area contributed by atoms with E-state index in [0.717, 1.165) is 16.7 Å². The van der Waals surface area contributed by atoms with Gasteiger partial charge < -0.3 is 10.3 Å². The van der Waals surface area contributed by atoms with Crippen LogP contribution in [0.15, 0.2) is 87.9 Å². The number of benzene rings is 2. The summed E-state index contributed by atoms with van der Waals surface area (Å²) < 4.78 is 65.4. The summed E-state index contributed by atoms with van der Waals surface area (Å²) in [6.07, 6.45) is -1.87. The zero-order valence-corrected chi connectivity index (χ0v) is 19.5. The van der Waals surface area contributed by atoms with Gasteiger partial charge in [0.25, 0.3) is 11.5 Å². The number of amides is 1. The van der Waals surface area contributed by atoms with E-state index in [0.29, 0.717) is 11.3 Å². The van der Waals surface area contributed by atoms with Crippen LogP contribution < -0.4 is 10.9 Å². The van der Waals surface area contributed by atoms with Crippen molar-refractivity contribution < 1.29 is 26.4 Å². The third-order valence-electron chi connectivity index (χ3n) is 5.37. The molecule has 186 valence electrons. The number of carbonyl (C=O) groups excluding carboxylic acids is 1. The Morgan fingerprint density at radius 3 is 2.44 bits per heavy atom. The minimum absolute atomic E-state index is 0.00929. The largest absolute Gasteiger partial charge is 0.416 e. The van der Waals surface area contributed by atoms with Gasteiger partial charge in [0, 0.05) is 30.3 Å². The molecule has 36 heavy (non-hydrogen) atoms.